The number of carbonyl (C=O) groups excluding carboxylic acids is 1. The van der Waals surface area contributed by atoms with E-state index in [0.29, 0.717) is 29.9 Å². The molecule has 0 radical (unpaired) electrons. The summed E-state index contributed by atoms with van der Waals surface area (Å²) in [6, 6.07) is 11.2. The third-order valence-electron chi connectivity index (χ3n) is 6.40. The summed E-state index contributed by atoms with van der Waals surface area (Å²) < 4.78 is 16.0. The van der Waals surface area contributed by atoms with Gasteiger partial charge in [0.05, 0.1) is 17.1 Å². The van der Waals surface area contributed by atoms with Gasteiger partial charge in [0.2, 0.25) is 0 Å². The quantitative estimate of drug-likeness (QED) is 0.530. The number of aryl methyl sites for hydroxylation is 1. The van der Waals surface area contributed by atoms with Crippen molar-refractivity contribution in [2.45, 2.75) is 43.9 Å². The van der Waals surface area contributed by atoms with E-state index in [9.17, 15) is 14.4 Å². The molecule has 0 aliphatic heterocycles. The molecule has 1 amide bonds. The van der Waals surface area contributed by atoms with Crippen molar-refractivity contribution in [2.75, 3.05) is 0 Å². The highest BCUT2D eigenvalue weighted by Gasteiger charge is 2.44. The molecule has 2 aromatic carbocycles. The van der Waals surface area contributed by atoms with Crippen LogP contribution in [0.2, 0.25) is 0 Å². The third-order valence-corrected chi connectivity index (χ3v) is 6.40. The number of fused-ring (bicyclic) bond motifs is 1. The minimum atomic E-state index is -0.909. The van der Waals surface area contributed by atoms with Crippen LogP contribution in [-0.4, -0.2) is 20.9 Å². The van der Waals surface area contributed by atoms with Crippen molar-refractivity contribution in [1.82, 2.24) is 15.3 Å². The monoisotopic (exact) mass is 381 g/mol. The molecule has 2 N–H and O–H groups in total. The van der Waals surface area contributed by atoms with Gasteiger partial charge in [-0.05, 0) is 67.3 Å². The second-order valence-electron chi connectivity index (χ2n) is 7.80. The van der Waals surface area contributed by atoms with E-state index in [1.54, 1.807) is 19.1 Å². The van der Waals surface area contributed by atoms with Crippen LogP contribution < -0.4 is 5.48 Å². The zero-order valence-electron chi connectivity index (χ0n) is 16.1. The molecule has 146 valence electrons. The van der Waals surface area contributed by atoms with Gasteiger partial charge in [-0.1, -0.05) is 24.3 Å². The van der Waals surface area contributed by atoms with Crippen LogP contribution in [0.25, 0.3) is 10.9 Å². The molecule has 28 heavy (non-hydrogen) atoms. The number of aromatic nitrogens is 2. The standard InChI is InChI=1S/C22H24FN3O2/c1-14-18(4-3-5-19(14)23)22(21(27)25-28)10-8-15(9-11-22)16-6-7-17-13-24-26(2)20(17)12-16/h3-7,12-13,15,28H,8-11H2,1-2H3,(H,25,27)/t15-,22+. The van der Waals surface area contributed by atoms with Crippen LogP contribution in [0.1, 0.15) is 48.3 Å². The summed E-state index contributed by atoms with van der Waals surface area (Å²) in [6.45, 7) is 1.69. The number of rotatable bonds is 3. The molecule has 1 aliphatic carbocycles. The first-order valence-electron chi connectivity index (χ1n) is 9.58. The second kappa shape index (κ2) is 7.02. The number of carbonyl (C=O) groups is 1. The molecule has 0 bridgehead atoms. The molecule has 1 saturated carbocycles. The average molecular weight is 381 g/mol. The maximum atomic E-state index is 14.2. The van der Waals surface area contributed by atoms with Crippen molar-refractivity contribution < 1.29 is 14.4 Å². The second-order valence-corrected chi connectivity index (χ2v) is 7.80. The van der Waals surface area contributed by atoms with Crippen LogP contribution in [0, 0.1) is 12.7 Å². The van der Waals surface area contributed by atoms with Crippen LogP contribution in [0.3, 0.4) is 0 Å². The van der Waals surface area contributed by atoms with E-state index < -0.39 is 11.3 Å². The Morgan fingerprint density at radius 2 is 2.04 bits per heavy atom. The van der Waals surface area contributed by atoms with E-state index in [-0.39, 0.29) is 5.82 Å². The summed E-state index contributed by atoms with van der Waals surface area (Å²) in [7, 11) is 1.93. The molecule has 1 aliphatic rings. The van der Waals surface area contributed by atoms with Crippen LogP contribution in [-0.2, 0) is 17.3 Å². The smallest absolute Gasteiger partial charge is 0.253 e. The van der Waals surface area contributed by atoms with Gasteiger partial charge in [-0.15, -0.1) is 0 Å². The Morgan fingerprint density at radius 1 is 1.29 bits per heavy atom. The Bertz CT molecular complexity index is 1040. The molecule has 0 atom stereocenters. The summed E-state index contributed by atoms with van der Waals surface area (Å²) in [5.74, 6) is -0.471. The first kappa shape index (κ1) is 18.6. The number of hydroxylamine groups is 1. The fourth-order valence-corrected chi connectivity index (χ4v) is 4.71. The van der Waals surface area contributed by atoms with Gasteiger partial charge in [-0.3, -0.25) is 14.7 Å². The molecule has 5 nitrogen and oxygen atoms in total. The lowest BCUT2D eigenvalue weighted by molar-refractivity contribution is -0.136. The molecule has 0 saturated heterocycles. The zero-order chi connectivity index (χ0) is 19.9. The largest absolute Gasteiger partial charge is 0.289 e. The lowest BCUT2D eigenvalue weighted by Gasteiger charge is -2.39. The van der Waals surface area contributed by atoms with Crippen molar-refractivity contribution >= 4 is 16.8 Å². The van der Waals surface area contributed by atoms with Gasteiger partial charge in [0, 0.05) is 12.4 Å². The van der Waals surface area contributed by atoms with E-state index >= 15 is 0 Å². The number of nitrogens with one attached hydrogen (secondary N) is 1. The van der Waals surface area contributed by atoms with Crippen LogP contribution >= 0.6 is 0 Å². The SMILES string of the molecule is Cc1c(F)cccc1[C@]1(C(=O)NO)CC[C@@H](c2ccc3cnn(C)c3c2)CC1. The highest BCUT2D eigenvalue weighted by atomic mass is 19.1. The molecule has 3 aromatic rings. The molecule has 1 aromatic heterocycles. The van der Waals surface area contributed by atoms with Gasteiger partial charge in [-0.2, -0.15) is 5.10 Å². The Labute approximate surface area is 163 Å². The molecular weight excluding hydrogens is 357 g/mol. The zero-order valence-corrected chi connectivity index (χ0v) is 16.1. The van der Waals surface area contributed by atoms with Crippen LogP contribution in [0.15, 0.2) is 42.6 Å². The minimum Gasteiger partial charge on any atom is -0.289 e. The fourth-order valence-electron chi connectivity index (χ4n) is 4.71. The number of benzene rings is 2. The van der Waals surface area contributed by atoms with E-state index in [2.05, 4.69) is 23.3 Å². The Kier molecular flexibility index (Phi) is 4.67. The Morgan fingerprint density at radius 3 is 2.75 bits per heavy atom. The summed E-state index contributed by atoms with van der Waals surface area (Å²) in [6.07, 6.45) is 4.53. The highest BCUT2D eigenvalue weighted by Crippen LogP contribution is 2.46. The first-order valence-corrected chi connectivity index (χ1v) is 9.58. The number of amides is 1. The number of hydrogen-bond donors (Lipinski definition) is 2. The van der Waals surface area contributed by atoms with Gasteiger partial charge < -0.3 is 0 Å². The van der Waals surface area contributed by atoms with Gasteiger partial charge in [0.15, 0.2) is 0 Å². The van der Waals surface area contributed by atoms with E-state index in [1.165, 1.54) is 11.6 Å². The van der Waals surface area contributed by atoms with E-state index in [4.69, 9.17) is 0 Å². The van der Waals surface area contributed by atoms with Crippen molar-refractivity contribution in [3.63, 3.8) is 0 Å². The lowest BCUT2D eigenvalue weighted by Crippen LogP contribution is -2.46. The van der Waals surface area contributed by atoms with E-state index in [0.717, 1.165) is 23.7 Å². The molecule has 0 spiro atoms. The summed E-state index contributed by atoms with van der Waals surface area (Å²) in [4.78, 5) is 12.7. The topological polar surface area (TPSA) is 67.2 Å². The summed E-state index contributed by atoms with van der Waals surface area (Å²) >= 11 is 0. The van der Waals surface area contributed by atoms with Crippen LogP contribution in [0.4, 0.5) is 4.39 Å². The minimum absolute atomic E-state index is 0.313. The molecular formula is C22H24FN3O2. The maximum absolute atomic E-state index is 14.2. The predicted octanol–water partition coefficient (Wildman–Crippen LogP) is 4.12. The number of halogens is 1. The molecule has 0 unspecified atom stereocenters. The maximum Gasteiger partial charge on any atom is 0.253 e. The Hall–Kier alpha value is -2.73. The fraction of sp³-hybridized carbons (Fsp3) is 0.364. The number of hydrogen-bond acceptors (Lipinski definition) is 3. The third kappa shape index (κ3) is 2.88. The van der Waals surface area contributed by atoms with Gasteiger partial charge in [0.25, 0.3) is 5.91 Å². The normalized spacial score (nSPS) is 22.4. The van der Waals surface area contributed by atoms with Gasteiger partial charge in [-0.25, -0.2) is 9.87 Å². The summed E-state index contributed by atoms with van der Waals surface area (Å²) in [5.41, 5.74) is 4.37. The number of nitrogens with zero attached hydrogens (tertiary/aromatic N) is 2. The molecule has 4 rings (SSSR count). The molecule has 6 heteroatoms. The first-order chi connectivity index (χ1) is 13.5. The van der Waals surface area contributed by atoms with Crippen molar-refractivity contribution in [3.8, 4) is 0 Å². The average Bonchev–Trinajstić information content (AvgIpc) is 3.10. The van der Waals surface area contributed by atoms with Crippen molar-refractivity contribution in [3.05, 3.63) is 65.1 Å². The molecule has 1 fully saturated rings. The highest BCUT2D eigenvalue weighted by molar-refractivity contribution is 5.88. The lowest BCUT2D eigenvalue weighted by atomic mass is 9.64. The van der Waals surface area contributed by atoms with Crippen molar-refractivity contribution in [2.24, 2.45) is 7.05 Å². The summed E-state index contributed by atoms with van der Waals surface area (Å²) in [5, 5.41) is 14.8. The Balaban J connectivity index is 1.66. The van der Waals surface area contributed by atoms with Gasteiger partial charge >= 0.3 is 0 Å². The van der Waals surface area contributed by atoms with Crippen molar-refractivity contribution in [1.29, 1.82) is 0 Å². The predicted molar refractivity (Wildman–Crippen MR) is 105 cm³/mol. The van der Waals surface area contributed by atoms with E-state index in [1.807, 2.05) is 23.4 Å². The van der Waals surface area contributed by atoms with Crippen LogP contribution in [0.5, 0.6) is 0 Å². The molecule has 1 heterocycles. The van der Waals surface area contributed by atoms with Gasteiger partial charge in [0.1, 0.15) is 5.82 Å².